The molecule has 0 aliphatic rings. The Hall–Kier alpha value is -2.51. The third kappa shape index (κ3) is 3.08. The van der Waals surface area contributed by atoms with Gasteiger partial charge in [0.25, 0.3) is 5.91 Å². The lowest BCUT2D eigenvalue weighted by Crippen LogP contribution is -2.41. The van der Waals surface area contributed by atoms with Gasteiger partial charge in [-0.05, 0) is 35.7 Å². The van der Waals surface area contributed by atoms with Gasteiger partial charge < -0.3 is 14.8 Å². The first-order valence-corrected chi connectivity index (χ1v) is 7.91. The van der Waals surface area contributed by atoms with Crippen molar-refractivity contribution in [2.45, 2.75) is 5.60 Å². The summed E-state index contributed by atoms with van der Waals surface area (Å²) in [6, 6.07) is 7.99. The predicted octanol–water partition coefficient (Wildman–Crippen LogP) is 3.29. The Morgan fingerprint density at radius 2 is 2.08 bits per heavy atom. The minimum atomic E-state index is -1.48. The van der Waals surface area contributed by atoms with Crippen LogP contribution >= 0.6 is 11.3 Å². The van der Waals surface area contributed by atoms with Crippen LogP contribution in [0.1, 0.15) is 20.8 Å². The number of hydrogen-bond acceptors (Lipinski definition) is 4. The fraction of sp³-hybridized carbons (Fsp3) is 0.118. The zero-order chi connectivity index (χ0) is 17.2. The van der Waals surface area contributed by atoms with Crippen LogP contribution < -0.4 is 5.32 Å². The molecule has 2 heterocycles. The van der Waals surface area contributed by atoms with E-state index in [1.54, 1.807) is 23.6 Å². The number of rotatable bonds is 5. The summed E-state index contributed by atoms with van der Waals surface area (Å²) in [5, 5.41) is 15.4. The second kappa shape index (κ2) is 6.54. The van der Waals surface area contributed by atoms with E-state index in [0.29, 0.717) is 10.4 Å². The number of nitrogens with one attached hydrogen (secondary N) is 1. The molecule has 4 nitrogen and oxygen atoms in total. The van der Waals surface area contributed by atoms with Gasteiger partial charge in [-0.1, -0.05) is 6.07 Å². The predicted molar refractivity (Wildman–Crippen MR) is 84.7 cm³/mol. The molecule has 0 spiro atoms. The summed E-state index contributed by atoms with van der Waals surface area (Å²) >= 11 is 1.33. The van der Waals surface area contributed by atoms with Crippen molar-refractivity contribution in [1.82, 2.24) is 5.32 Å². The minimum Gasteiger partial charge on any atom is -0.472 e. The molecule has 0 radical (unpaired) electrons. The molecule has 3 rings (SSSR count). The minimum absolute atomic E-state index is 0.0328. The Balaban J connectivity index is 1.82. The first kappa shape index (κ1) is 16.4. The molecule has 0 bridgehead atoms. The molecule has 2 aromatic heterocycles. The summed E-state index contributed by atoms with van der Waals surface area (Å²) in [6.45, 7) is -0.148. The number of benzene rings is 1. The molecule has 0 saturated heterocycles. The van der Waals surface area contributed by atoms with Crippen LogP contribution in [0.5, 0.6) is 0 Å². The second-order valence-corrected chi connectivity index (χ2v) is 6.11. The van der Waals surface area contributed by atoms with Crippen molar-refractivity contribution in [1.29, 1.82) is 0 Å². The van der Waals surface area contributed by atoms with Crippen LogP contribution in [-0.2, 0) is 5.60 Å². The van der Waals surface area contributed by atoms with Crippen LogP contribution in [0, 0.1) is 11.6 Å². The van der Waals surface area contributed by atoms with Crippen molar-refractivity contribution in [3.8, 4) is 0 Å². The van der Waals surface area contributed by atoms with E-state index in [1.165, 1.54) is 29.9 Å². The molecule has 124 valence electrons. The standard InChI is InChI=1S/C17H13F2NO3S/c18-13-4-3-11(8-14(13)19)16(21)20-10-17(22,12-5-6-23-9-12)15-2-1-7-24-15/h1-9,22H,10H2,(H,20,21)/t17-/m0/s1. The van der Waals surface area contributed by atoms with E-state index in [2.05, 4.69) is 5.32 Å². The summed E-state index contributed by atoms with van der Waals surface area (Å²) in [6.07, 6.45) is 2.81. The number of furan rings is 1. The van der Waals surface area contributed by atoms with Gasteiger partial charge >= 0.3 is 0 Å². The third-order valence-corrected chi connectivity index (χ3v) is 4.64. The Kier molecular flexibility index (Phi) is 4.46. The number of thiophene rings is 1. The van der Waals surface area contributed by atoms with Crippen molar-refractivity contribution in [2.75, 3.05) is 6.54 Å². The quantitative estimate of drug-likeness (QED) is 0.743. The lowest BCUT2D eigenvalue weighted by Gasteiger charge is -2.26. The van der Waals surface area contributed by atoms with Gasteiger partial charge in [-0.15, -0.1) is 11.3 Å². The third-order valence-electron chi connectivity index (χ3n) is 3.61. The molecule has 1 amide bonds. The van der Waals surface area contributed by atoms with Crippen LogP contribution in [0.15, 0.2) is 58.7 Å². The number of carbonyl (C=O) groups excluding carboxylic acids is 1. The van der Waals surface area contributed by atoms with Crippen molar-refractivity contribution >= 4 is 17.2 Å². The molecule has 0 aliphatic carbocycles. The lowest BCUT2D eigenvalue weighted by molar-refractivity contribution is 0.0714. The molecular weight excluding hydrogens is 336 g/mol. The maximum Gasteiger partial charge on any atom is 0.251 e. The molecule has 0 saturated carbocycles. The van der Waals surface area contributed by atoms with Crippen molar-refractivity contribution < 1.29 is 23.1 Å². The van der Waals surface area contributed by atoms with Crippen molar-refractivity contribution in [2.24, 2.45) is 0 Å². The van der Waals surface area contributed by atoms with E-state index >= 15 is 0 Å². The average molecular weight is 349 g/mol. The summed E-state index contributed by atoms with van der Waals surface area (Å²) in [4.78, 5) is 12.8. The Morgan fingerprint density at radius 1 is 1.25 bits per heavy atom. The monoisotopic (exact) mass is 349 g/mol. The van der Waals surface area contributed by atoms with Gasteiger partial charge in [0.05, 0.1) is 19.1 Å². The van der Waals surface area contributed by atoms with E-state index in [-0.39, 0.29) is 12.1 Å². The van der Waals surface area contributed by atoms with Gasteiger partial charge in [-0.2, -0.15) is 0 Å². The SMILES string of the molecule is O=C(NC[C@](O)(c1ccoc1)c1cccs1)c1ccc(F)c(F)c1. The van der Waals surface area contributed by atoms with E-state index in [0.717, 1.165) is 12.1 Å². The molecule has 0 fully saturated rings. The number of halogens is 2. The molecular formula is C17H13F2NO3S. The van der Waals surface area contributed by atoms with Gasteiger partial charge in [0.1, 0.15) is 5.60 Å². The Bertz CT molecular complexity index is 797. The molecule has 1 atom stereocenters. The van der Waals surface area contributed by atoms with Gasteiger partial charge in [0.2, 0.25) is 0 Å². The summed E-state index contributed by atoms with van der Waals surface area (Å²) in [5.41, 5.74) is -1.03. The molecule has 0 unspecified atom stereocenters. The maximum atomic E-state index is 13.2. The topological polar surface area (TPSA) is 62.5 Å². The largest absolute Gasteiger partial charge is 0.472 e. The summed E-state index contributed by atoms with van der Waals surface area (Å²) < 4.78 is 31.2. The Morgan fingerprint density at radius 3 is 2.71 bits per heavy atom. The van der Waals surface area contributed by atoms with E-state index in [1.807, 2.05) is 0 Å². The van der Waals surface area contributed by atoms with Crippen LogP contribution in [0.3, 0.4) is 0 Å². The molecule has 0 aliphatic heterocycles. The van der Waals surface area contributed by atoms with E-state index in [4.69, 9.17) is 4.42 Å². The van der Waals surface area contributed by atoms with Crippen LogP contribution in [0.4, 0.5) is 8.78 Å². The number of carbonyl (C=O) groups is 1. The zero-order valence-electron chi connectivity index (χ0n) is 12.3. The first-order chi connectivity index (χ1) is 11.5. The first-order valence-electron chi connectivity index (χ1n) is 7.03. The van der Waals surface area contributed by atoms with Gasteiger partial charge in [0.15, 0.2) is 11.6 Å². The molecule has 3 aromatic rings. The van der Waals surface area contributed by atoms with Gasteiger partial charge in [-0.3, -0.25) is 4.79 Å². The highest BCUT2D eigenvalue weighted by Gasteiger charge is 2.34. The van der Waals surface area contributed by atoms with Crippen molar-refractivity contribution in [3.05, 3.63) is 81.9 Å². The Labute approximate surface area is 140 Å². The number of aliphatic hydroxyl groups is 1. The van der Waals surface area contributed by atoms with Crippen LogP contribution in [-0.4, -0.2) is 17.6 Å². The highest BCUT2D eigenvalue weighted by Crippen LogP contribution is 2.32. The van der Waals surface area contributed by atoms with Crippen molar-refractivity contribution in [3.63, 3.8) is 0 Å². The normalized spacial score (nSPS) is 13.5. The maximum absolute atomic E-state index is 13.2. The smallest absolute Gasteiger partial charge is 0.251 e. The fourth-order valence-electron chi connectivity index (χ4n) is 2.29. The van der Waals surface area contributed by atoms with E-state index < -0.39 is 23.1 Å². The fourth-order valence-corrected chi connectivity index (χ4v) is 3.14. The van der Waals surface area contributed by atoms with Crippen LogP contribution in [0.2, 0.25) is 0 Å². The summed E-state index contributed by atoms with van der Waals surface area (Å²) in [5.74, 6) is -2.75. The molecule has 7 heteroatoms. The lowest BCUT2D eigenvalue weighted by atomic mass is 9.94. The highest BCUT2D eigenvalue weighted by atomic mass is 32.1. The molecule has 2 N–H and O–H groups in total. The van der Waals surface area contributed by atoms with Gasteiger partial charge in [-0.25, -0.2) is 8.78 Å². The summed E-state index contributed by atoms with van der Waals surface area (Å²) in [7, 11) is 0. The van der Waals surface area contributed by atoms with E-state index in [9.17, 15) is 18.7 Å². The van der Waals surface area contributed by atoms with Crippen LogP contribution in [0.25, 0.3) is 0 Å². The highest BCUT2D eigenvalue weighted by molar-refractivity contribution is 7.10. The number of amides is 1. The number of hydrogen-bond donors (Lipinski definition) is 2. The second-order valence-electron chi connectivity index (χ2n) is 5.16. The molecule has 1 aromatic carbocycles. The molecule has 24 heavy (non-hydrogen) atoms. The average Bonchev–Trinajstić information content (AvgIpc) is 3.28. The zero-order valence-corrected chi connectivity index (χ0v) is 13.1. The van der Waals surface area contributed by atoms with Gasteiger partial charge in [0, 0.05) is 16.0 Å².